The summed E-state index contributed by atoms with van der Waals surface area (Å²) in [6.07, 6.45) is 2.44. The van der Waals surface area contributed by atoms with Gasteiger partial charge in [-0.15, -0.1) is 21.5 Å². The Labute approximate surface area is 183 Å². The molecule has 0 spiro atoms. The number of benzene rings is 2. The Hall–Kier alpha value is -2.97. The summed E-state index contributed by atoms with van der Waals surface area (Å²) in [5.41, 5.74) is 2.34. The molecule has 0 aliphatic heterocycles. The van der Waals surface area contributed by atoms with E-state index in [1.807, 2.05) is 43.3 Å². The van der Waals surface area contributed by atoms with Gasteiger partial charge in [0.15, 0.2) is 10.3 Å². The summed E-state index contributed by atoms with van der Waals surface area (Å²) < 4.78 is 2.09. The van der Waals surface area contributed by atoms with E-state index in [9.17, 15) is 4.79 Å². The van der Waals surface area contributed by atoms with Gasteiger partial charge < -0.3 is 9.88 Å². The molecule has 8 heteroatoms. The monoisotopic (exact) mass is 435 g/mol. The lowest BCUT2D eigenvalue weighted by atomic mass is 10.1. The van der Waals surface area contributed by atoms with Crippen LogP contribution >= 0.6 is 23.1 Å². The number of nitrogens with one attached hydrogen (secondary N) is 1. The molecule has 2 aromatic heterocycles. The highest BCUT2D eigenvalue weighted by molar-refractivity contribution is 7.99. The minimum absolute atomic E-state index is 0.103. The summed E-state index contributed by atoms with van der Waals surface area (Å²) in [5, 5.41) is 13.0. The molecular weight excluding hydrogens is 414 g/mol. The van der Waals surface area contributed by atoms with Crippen LogP contribution in [-0.2, 0) is 17.8 Å². The van der Waals surface area contributed by atoms with Gasteiger partial charge in [-0.2, -0.15) is 0 Å². The highest BCUT2D eigenvalue weighted by Gasteiger charge is 2.16. The predicted octanol–water partition coefficient (Wildman–Crippen LogP) is 4.41. The van der Waals surface area contributed by atoms with E-state index in [1.54, 1.807) is 6.20 Å². The first kappa shape index (κ1) is 20.3. The van der Waals surface area contributed by atoms with Crippen LogP contribution in [0, 0.1) is 6.92 Å². The van der Waals surface area contributed by atoms with E-state index in [1.165, 1.54) is 28.7 Å². The maximum Gasteiger partial charge on any atom is 0.236 e. The summed E-state index contributed by atoms with van der Waals surface area (Å²) in [6.45, 7) is 2.62. The van der Waals surface area contributed by atoms with Crippen molar-refractivity contribution in [1.82, 2.24) is 19.7 Å². The van der Waals surface area contributed by atoms with E-state index in [0.29, 0.717) is 18.1 Å². The Kier molecular flexibility index (Phi) is 6.56. The Bertz CT molecular complexity index is 1110. The number of amides is 1. The Morgan fingerprint density at radius 2 is 1.73 bits per heavy atom. The summed E-state index contributed by atoms with van der Waals surface area (Å²) >= 11 is 2.85. The molecule has 2 heterocycles. The van der Waals surface area contributed by atoms with Gasteiger partial charge in [-0.25, -0.2) is 4.98 Å². The van der Waals surface area contributed by atoms with Crippen LogP contribution in [0.1, 0.15) is 21.8 Å². The standard InChI is InChI=1S/C22H21N5OS2/c1-16-13-23-21(30-16)24-20(28)15-29-22-26-25-19(12-17-8-4-2-5-9-17)27(22)14-18-10-6-3-7-11-18/h2-11,13H,12,14-15H2,1H3,(H,23,24,28). The number of hydrogen-bond donors (Lipinski definition) is 1. The third-order valence-corrected chi connectivity index (χ3v) is 6.18. The second-order valence-electron chi connectivity index (χ2n) is 6.75. The molecule has 0 saturated heterocycles. The molecular formula is C22H21N5OS2. The number of aromatic nitrogens is 4. The first-order valence-electron chi connectivity index (χ1n) is 9.52. The van der Waals surface area contributed by atoms with Crippen molar-refractivity contribution in [3.05, 3.63) is 88.7 Å². The van der Waals surface area contributed by atoms with Crippen molar-refractivity contribution in [2.45, 2.75) is 25.0 Å². The van der Waals surface area contributed by atoms with Crippen LogP contribution in [-0.4, -0.2) is 31.4 Å². The molecule has 2 aromatic carbocycles. The molecule has 0 aliphatic carbocycles. The summed E-state index contributed by atoms with van der Waals surface area (Å²) in [5.74, 6) is 1.02. The van der Waals surface area contributed by atoms with Crippen LogP contribution < -0.4 is 5.32 Å². The van der Waals surface area contributed by atoms with Gasteiger partial charge in [-0.3, -0.25) is 4.79 Å². The van der Waals surface area contributed by atoms with Gasteiger partial charge in [0, 0.05) is 17.5 Å². The molecule has 0 atom stereocenters. The third kappa shape index (κ3) is 5.34. The number of aryl methyl sites for hydroxylation is 1. The second kappa shape index (κ2) is 9.69. The number of thiazole rings is 1. The second-order valence-corrected chi connectivity index (χ2v) is 8.92. The van der Waals surface area contributed by atoms with Gasteiger partial charge in [0.25, 0.3) is 0 Å². The summed E-state index contributed by atoms with van der Waals surface area (Å²) in [6, 6.07) is 20.4. The number of anilines is 1. The van der Waals surface area contributed by atoms with Crippen molar-refractivity contribution in [3.63, 3.8) is 0 Å². The molecule has 1 amide bonds. The molecule has 1 N–H and O–H groups in total. The minimum atomic E-state index is -0.103. The molecule has 30 heavy (non-hydrogen) atoms. The fourth-order valence-corrected chi connectivity index (χ4v) is 4.40. The van der Waals surface area contributed by atoms with Crippen LogP contribution in [0.4, 0.5) is 5.13 Å². The molecule has 0 radical (unpaired) electrons. The number of carbonyl (C=O) groups excluding carboxylic acids is 1. The summed E-state index contributed by atoms with van der Waals surface area (Å²) in [7, 11) is 0. The van der Waals surface area contributed by atoms with Gasteiger partial charge in [0.1, 0.15) is 5.82 Å². The SMILES string of the molecule is Cc1cnc(NC(=O)CSc2nnc(Cc3ccccc3)n2Cc2ccccc2)s1. The maximum absolute atomic E-state index is 12.3. The van der Waals surface area contributed by atoms with Crippen molar-refractivity contribution in [3.8, 4) is 0 Å². The van der Waals surface area contributed by atoms with E-state index in [0.717, 1.165) is 21.4 Å². The zero-order chi connectivity index (χ0) is 20.8. The molecule has 4 aromatic rings. The quantitative estimate of drug-likeness (QED) is 0.415. The van der Waals surface area contributed by atoms with E-state index >= 15 is 0 Å². The van der Waals surface area contributed by atoms with Gasteiger partial charge in [0.05, 0.1) is 12.3 Å². The van der Waals surface area contributed by atoms with E-state index in [4.69, 9.17) is 0 Å². The van der Waals surface area contributed by atoms with Crippen LogP contribution in [0.5, 0.6) is 0 Å². The smallest absolute Gasteiger partial charge is 0.236 e. The molecule has 6 nitrogen and oxygen atoms in total. The predicted molar refractivity (Wildman–Crippen MR) is 121 cm³/mol. The van der Waals surface area contributed by atoms with Crippen molar-refractivity contribution in [1.29, 1.82) is 0 Å². The zero-order valence-electron chi connectivity index (χ0n) is 16.5. The van der Waals surface area contributed by atoms with Crippen LogP contribution in [0.25, 0.3) is 0 Å². The topological polar surface area (TPSA) is 72.7 Å². The van der Waals surface area contributed by atoms with E-state index in [-0.39, 0.29) is 11.7 Å². The Balaban J connectivity index is 1.50. The molecule has 0 unspecified atom stereocenters. The fraction of sp³-hybridized carbons (Fsp3) is 0.182. The highest BCUT2D eigenvalue weighted by atomic mass is 32.2. The Morgan fingerprint density at radius 3 is 2.40 bits per heavy atom. The normalized spacial score (nSPS) is 10.8. The van der Waals surface area contributed by atoms with Crippen molar-refractivity contribution in [2.24, 2.45) is 0 Å². The van der Waals surface area contributed by atoms with E-state index < -0.39 is 0 Å². The first-order chi connectivity index (χ1) is 14.7. The van der Waals surface area contributed by atoms with Crippen LogP contribution in [0.3, 0.4) is 0 Å². The van der Waals surface area contributed by atoms with Crippen molar-refractivity contribution < 1.29 is 4.79 Å². The molecule has 152 valence electrons. The van der Waals surface area contributed by atoms with Gasteiger partial charge in [-0.05, 0) is 18.1 Å². The third-order valence-electron chi connectivity index (χ3n) is 4.38. The zero-order valence-corrected chi connectivity index (χ0v) is 18.1. The summed E-state index contributed by atoms with van der Waals surface area (Å²) in [4.78, 5) is 17.6. The highest BCUT2D eigenvalue weighted by Crippen LogP contribution is 2.22. The van der Waals surface area contributed by atoms with Crippen molar-refractivity contribution >= 4 is 34.1 Å². The van der Waals surface area contributed by atoms with Gasteiger partial charge in [-0.1, -0.05) is 72.4 Å². The fourth-order valence-electron chi connectivity index (χ4n) is 2.96. The number of thioether (sulfide) groups is 1. The van der Waals surface area contributed by atoms with Gasteiger partial charge >= 0.3 is 0 Å². The lowest BCUT2D eigenvalue weighted by molar-refractivity contribution is -0.113. The molecule has 0 saturated carbocycles. The molecule has 4 rings (SSSR count). The minimum Gasteiger partial charge on any atom is -0.301 e. The molecule has 0 aliphatic rings. The number of nitrogens with zero attached hydrogens (tertiary/aromatic N) is 4. The van der Waals surface area contributed by atoms with Crippen LogP contribution in [0.15, 0.2) is 72.0 Å². The van der Waals surface area contributed by atoms with E-state index in [2.05, 4.69) is 49.3 Å². The lowest BCUT2D eigenvalue weighted by Gasteiger charge is -2.10. The average molecular weight is 436 g/mol. The molecule has 0 bridgehead atoms. The first-order valence-corrected chi connectivity index (χ1v) is 11.3. The Morgan fingerprint density at radius 1 is 1.03 bits per heavy atom. The number of rotatable bonds is 8. The number of carbonyl (C=O) groups is 1. The van der Waals surface area contributed by atoms with Gasteiger partial charge in [0.2, 0.25) is 5.91 Å². The average Bonchev–Trinajstić information content (AvgIpc) is 3.34. The van der Waals surface area contributed by atoms with Crippen molar-refractivity contribution in [2.75, 3.05) is 11.1 Å². The van der Waals surface area contributed by atoms with Crippen LogP contribution in [0.2, 0.25) is 0 Å². The largest absolute Gasteiger partial charge is 0.301 e. The maximum atomic E-state index is 12.3. The number of hydrogen-bond acceptors (Lipinski definition) is 6. The molecule has 0 fully saturated rings. The lowest BCUT2D eigenvalue weighted by Crippen LogP contribution is -2.15.